The number of unbranched alkanes of at least 4 members (excludes halogenated alkanes) is 1. The molecule has 1 amide bonds. The first-order chi connectivity index (χ1) is 21.3. The van der Waals surface area contributed by atoms with E-state index < -0.39 is 28.8 Å². The number of nitrogens with zero attached hydrogens (tertiary/aromatic N) is 4. The maximum Gasteiger partial charge on any atom is 0.317 e. The highest BCUT2D eigenvalue weighted by Gasteiger charge is 2.22. The van der Waals surface area contributed by atoms with Crippen molar-refractivity contribution in [3.05, 3.63) is 20.4 Å². The third kappa shape index (κ3) is 14.8. The summed E-state index contributed by atoms with van der Waals surface area (Å²) in [5.41, 5.74) is -0.643. The Balaban J connectivity index is 1.92. The third-order valence-corrected chi connectivity index (χ3v) is 7.54. The molecular formula is C29H49N7O9. The number of carboxylic acid groups (broad SMARTS) is 3. The van der Waals surface area contributed by atoms with Crippen LogP contribution in [0.15, 0.2) is 9.59 Å². The van der Waals surface area contributed by atoms with Crippen LogP contribution in [0, 0.1) is 5.92 Å². The number of rotatable bonds is 18. The molecule has 0 unspecified atom stereocenters. The van der Waals surface area contributed by atoms with Gasteiger partial charge in [0, 0.05) is 72.0 Å². The molecule has 0 spiro atoms. The van der Waals surface area contributed by atoms with Crippen molar-refractivity contribution in [1.29, 1.82) is 0 Å². The summed E-state index contributed by atoms with van der Waals surface area (Å²) in [6.07, 6.45) is 2.99. The molecule has 45 heavy (non-hydrogen) atoms. The smallest absolute Gasteiger partial charge is 0.317 e. The summed E-state index contributed by atoms with van der Waals surface area (Å²) in [4.78, 5) is 77.9. The van der Waals surface area contributed by atoms with Gasteiger partial charge in [-0.15, -0.1) is 0 Å². The van der Waals surface area contributed by atoms with Gasteiger partial charge in [-0.05, 0) is 12.3 Å². The molecular weight excluding hydrogens is 590 g/mol. The number of hydrogen-bond donors (Lipinski definition) is 6. The number of carbonyl (C=O) groups is 4. The van der Waals surface area contributed by atoms with Crippen molar-refractivity contribution < 1.29 is 34.5 Å². The van der Waals surface area contributed by atoms with Crippen molar-refractivity contribution in [1.82, 2.24) is 24.9 Å². The van der Waals surface area contributed by atoms with Gasteiger partial charge in [0.15, 0.2) is 0 Å². The first-order valence-electron chi connectivity index (χ1n) is 15.5. The predicted molar refractivity (Wildman–Crippen MR) is 169 cm³/mol. The summed E-state index contributed by atoms with van der Waals surface area (Å²) in [5.74, 6) is -2.78. The fraction of sp³-hybridized carbons (Fsp3) is 0.724. The van der Waals surface area contributed by atoms with Crippen molar-refractivity contribution in [2.24, 2.45) is 5.92 Å². The topological polar surface area (TPSA) is 212 Å². The Kier molecular flexibility index (Phi) is 16.5. The van der Waals surface area contributed by atoms with Crippen molar-refractivity contribution in [2.45, 2.75) is 33.1 Å². The molecule has 6 N–H and O–H groups in total. The van der Waals surface area contributed by atoms with Crippen molar-refractivity contribution >= 4 is 35.2 Å². The molecule has 1 aliphatic rings. The number of nitrogens with one attached hydrogen (secondary N) is 3. The van der Waals surface area contributed by atoms with Crippen LogP contribution >= 0.6 is 0 Å². The van der Waals surface area contributed by atoms with Crippen LogP contribution in [0.4, 0.5) is 11.4 Å². The van der Waals surface area contributed by atoms with Crippen LogP contribution in [-0.4, -0.2) is 157 Å². The fourth-order valence-corrected chi connectivity index (χ4v) is 5.05. The minimum atomic E-state index is -1.03. The molecule has 0 bridgehead atoms. The van der Waals surface area contributed by atoms with E-state index in [0.29, 0.717) is 38.6 Å². The molecule has 0 radical (unpaired) electrons. The second kappa shape index (κ2) is 19.7. The summed E-state index contributed by atoms with van der Waals surface area (Å²) in [6.45, 7) is 6.96. The lowest BCUT2D eigenvalue weighted by molar-refractivity contribution is -0.140. The molecule has 1 saturated heterocycles. The van der Waals surface area contributed by atoms with Crippen LogP contribution in [-0.2, 0) is 19.2 Å². The molecule has 0 saturated carbocycles. The summed E-state index contributed by atoms with van der Waals surface area (Å²) < 4.78 is 0. The number of hydrogen-bond acceptors (Lipinski definition) is 12. The van der Waals surface area contributed by atoms with Crippen molar-refractivity contribution in [3.63, 3.8) is 0 Å². The van der Waals surface area contributed by atoms with E-state index in [2.05, 4.69) is 29.8 Å². The normalized spacial score (nSPS) is 16.6. The average molecular weight is 640 g/mol. The van der Waals surface area contributed by atoms with Gasteiger partial charge in [0.05, 0.1) is 26.2 Å². The van der Waals surface area contributed by atoms with E-state index in [-0.39, 0.29) is 82.7 Å². The summed E-state index contributed by atoms with van der Waals surface area (Å²) in [5, 5.41) is 36.8. The van der Waals surface area contributed by atoms with E-state index in [1.54, 1.807) is 14.7 Å². The Morgan fingerprint density at radius 3 is 1.36 bits per heavy atom. The monoisotopic (exact) mass is 639 g/mol. The SMILES string of the molecule is CC(C)CCCCNc1c(NCCNC(=O)CN2CCN(CC(=O)O)CCN(CC(=O)O)CCN(CC(=O)O)CC2)c(=O)c1=O. The van der Waals surface area contributed by atoms with Gasteiger partial charge in [-0.3, -0.25) is 48.4 Å². The van der Waals surface area contributed by atoms with E-state index >= 15 is 0 Å². The van der Waals surface area contributed by atoms with Gasteiger partial charge in [-0.1, -0.05) is 26.7 Å². The van der Waals surface area contributed by atoms with Crippen LogP contribution in [0.25, 0.3) is 0 Å². The molecule has 2 rings (SSSR count). The highest BCUT2D eigenvalue weighted by atomic mass is 16.4. The van der Waals surface area contributed by atoms with Gasteiger partial charge in [0.2, 0.25) is 5.91 Å². The second-order valence-corrected chi connectivity index (χ2v) is 11.8. The fourth-order valence-electron chi connectivity index (χ4n) is 5.05. The first kappa shape index (κ1) is 37.6. The average Bonchev–Trinajstić information content (AvgIpc) is 2.95. The largest absolute Gasteiger partial charge is 0.480 e. The standard InChI is InChI=1S/C29H49N7O9/c1-21(2)5-3-4-6-31-26-27(29(45)28(26)44)32-8-7-30-22(37)17-33-9-11-34(18-23(38)39)13-15-36(20-25(42)43)16-14-35(12-10-33)19-24(40)41/h21,31-32H,3-20H2,1-2H3,(H,30,37)(H,38,39)(H,40,41)(H,42,43). The Labute approximate surface area is 263 Å². The highest BCUT2D eigenvalue weighted by molar-refractivity contribution is 5.78. The van der Waals surface area contributed by atoms with Gasteiger partial charge in [0.25, 0.3) is 10.9 Å². The van der Waals surface area contributed by atoms with Crippen LogP contribution in [0.2, 0.25) is 0 Å². The molecule has 16 nitrogen and oxygen atoms in total. The predicted octanol–water partition coefficient (Wildman–Crippen LogP) is -1.48. The Morgan fingerprint density at radius 1 is 0.600 bits per heavy atom. The van der Waals surface area contributed by atoms with Gasteiger partial charge >= 0.3 is 17.9 Å². The lowest BCUT2D eigenvalue weighted by Crippen LogP contribution is -2.50. The number of carbonyl (C=O) groups excluding carboxylic acids is 1. The van der Waals surface area contributed by atoms with Crippen LogP contribution in [0.5, 0.6) is 0 Å². The molecule has 1 heterocycles. The lowest BCUT2D eigenvalue weighted by atomic mass is 10.1. The van der Waals surface area contributed by atoms with Crippen LogP contribution in [0.3, 0.4) is 0 Å². The minimum absolute atomic E-state index is 0.0176. The maximum absolute atomic E-state index is 12.8. The molecule has 1 fully saturated rings. The van der Waals surface area contributed by atoms with Gasteiger partial charge in [-0.2, -0.15) is 0 Å². The summed E-state index contributed by atoms with van der Waals surface area (Å²) in [7, 11) is 0. The van der Waals surface area contributed by atoms with E-state index in [1.807, 2.05) is 4.90 Å². The van der Waals surface area contributed by atoms with E-state index in [0.717, 1.165) is 19.3 Å². The van der Waals surface area contributed by atoms with Crippen LogP contribution in [0.1, 0.15) is 33.1 Å². The van der Waals surface area contributed by atoms with Gasteiger partial charge in [-0.25, -0.2) is 0 Å². The zero-order valence-corrected chi connectivity index (χ0v) is 26.4. The molecule has 1 aromatic rings. The van der Waals surface area contributed by atoms with Gasteiger partial charge < -0.3 is 31.3 Å². The number of amides is 1. The molecule has 1 aliphatic heterocycles. The molecule has 0 aliphatic carbocycles. The first-order valence-corrected chi connectivity index (χ1v) is 15.5. The molecule has 16 heteroatoms. The zero-order chi connectivity index (χ0) is 33.4. The maximum atomic E-state index is 12.8. The van der Waals surface area contributed by atoms with Crippen molar-refractivity contribution in [2.75, 3.05) is 109 Å². The number of aliphatic carboxylic acids is 3. The zero-order valence-electron chi connectivity index (χ0n) is 26.4. The third-order valence-electron chi connectivity index (χ3n) is 7.54. The molecule has 254 valence electrons. The van der Waals surface area contributed by atoms with Crippen LogP contribution < -0.4 is 26.8 Å². The lowest BCUT2D eigenvalue weighted by Gasteiger charge is -2.32. The van der Waals surface area contributed by atoms with E-state index in [1.165, 1.54) is 0 Å². The van der Waals surface area contributed by atoms with E-state index in [9.17, 15) is 44.1 Å². The molecule has 0 aromatic heterocycles. The second-order valence-electron chi connectivity index (χ2n) is 11.8. The Morgan fingerprint density at radius 2 is 0.978 bits per heavy atom. The number of anilines is 2. The molecule has 0 atom stereocenters. The minimum Gasteiger partial charge on any atom is -0.480 e. The van der Waals surface area contributed by atoms with Gasteiger partial charge in [0.1, 0.15) is 11.4 Å². The van der Waals surface area contributed by atoms with Crippen molar-refractivity contribution in [3.8, 4) is 0 Å². The molecule has 1 aromatic carbocycles. The number of carboxylic acids is 3. The van der Waals surface area contributed by atoms with E-state index in [4.69, 9.17) is 0 Å². The Bertz CT molecular complexity index is 1150. The quantitative estimate of drug-likeness (QED) is 0.0799. The summed E-state index contributed by atoms with van der Waals surface area (Å²) in [6, 6.07) is 0. The summed E-state index contributed by atoms with van der Waals surface area (Å²) >= 11 is 0. The highest BCUT2D eigenvalue weighted by Crippen LogP contribution is 2.14. The Hall–Kier alpha value is -3.60.